The van der Waals surface area contributed by atoms with Crippen molar-refractivity contribution >= 4 is 22.9 Å². The van der Waals surface area contributed by atoms with Gasteiger partial charge in [0.1, 0.15) is 5.60 Å². The predicted molar refractivity (Wildman–Crippen MR) is 141 cm³/mol. The highest BCUT2D eigenvalue weighted by molar-refractivity contribution is 5.98. The van der Waals surface area contributed by atoms with Gasteiger partial charge in [-0.05, 0) is 89.5 Å². The highest BCUT2D eigenvalue weighted by atomic mass is 16.6. The molecule has 1 aromatic heterocycles. The van der Waals surface area contributed by atoms with Gasteiger partial charge >= 0.3 is 6.09 Å². The summed E-state index contributed by atoms with van der Waals surface area (Å²) in [5, 5.41) is 6.85. The SMILES string of the molecule is Cc1cc2cc(C(=O)NCCN(C)CCCc3ccc(CNC(=O)OC(C)(C)C)cc3)ccc2[nH]1. The van der Waals surface area contributed by atoms with Crippen molar-refractivity contribution in [2.24, 2.45) is 0 Å². The molecule has 3 rings (SSSR count). The van der Waals surface area contributed by atoms with Crippen molar-refractivity contribution in [3.63, 3.8) is 0 Å². The molecule has 0 aliphatic heterocycles. The molecule has 3 aromatic rings. The van der Waals surface area contributed by atoms with Crippen molar-refractivity contribution in [1.82, 2.24) is 20.5 Å². The number of benzene rings is 2. The van der Waals surface area contributed by atoms with Crippen LogP contribution < -0.4 is 10.6 Å². The number of alkyl carbamates (subject to hydrolysis) is 1. The van der Waals surface area contributed by atoms with Gasteiger partial charge in [0.15, 0.2) is 0 Å². The van der Waals surface area contributed by atoms with Crippen molar-refractivity contribution in [3.05, 3.63) is 70.9 Å². The second-order valence-corrected chi connectivity index (χ2v) is 10.1. The maximum Gasteiger partial charge on any atom is 0.407 e. The molecule has 2 aromatic carbocycles. The number of aromatic nitrogens is 1. The van der Waals surface area contributed by atoms with E-state index in [-0.39, 0.29) is 5.91 Å². The molecule has 0 fully saturated rings. The highest BCUT2D eigenvalue weighted by Crippen LogP contribution is 2.17. The monoisotopic (exact) mass is 478 g/mol. The zero-order valence-electron chi connectivity index (χ0n) is 21.5. The van der Waals surface area contributed by atoms with E-state index in [2.05, 4.69) is 39.7 Å². The summed E-state index contributed by atoms with van der Waals surface area (Å²) in [6.45, 7) is 10.4. The smallest absolute Gasteiger partial charge is 0.407 e. The van der Waals surface area contributed by atoms with Crippen molar-refractivity contribution in [3.8, 4) is 0 Å². The van der Waals surface area contributed by atoms with Crippen LogP contribution in [0.15, 0.2) is 48.5 Å². The van der Waals surface area contributed by atoms with Crippen LogP contribution >= 0.6 is 0 Å². The van der Waals surface area contributed by atoms with E-state index in [1.807, 2.05) is 64.1 Å². The number of carbonyl (C=O) groups excluding carboxylic acids is 2. The molecule has 0 radical (unpaired) electrons. The second kappa shape index (κ2) is 11.9. The van der Waals surface area contributed by atoms with Gasteiger partial charge in [-0.15, -0.1) is 0 Å². The summed E-state index contributed by atoms with van der Waals surface area (Å²) in [6, 6.07) is 16.1. The summed E-state index contributed by atoms with van der Waals surface area (Å²) in [6.07, 6.45) is 1.60. The number of ether oxygens (including phenoxy) is 1. The molecule has 0 aliphatic carbocycles. The Kier molecular flexibility index (Phi) is 8.93. The first-order valence-corrected chi connectivity index (χ1v) is 12.2. The molecular weight excluding hydrogens is 440 g/mol. The fourth-order valence-electron chi connectivity index (χ4n) is 3.86. The van der Waals surface area contributed by atoms with Gasteiger partial charge in [-0.25, -0.2) is 4.79 Å². The third-order valence-electron chi connectivity index (χ3n) is 5.66. The summed E-state index contributed by atoms with van der Waals surface area (Å²) in [5.41, 5.74) is 4.63. The predicted octanol–water partition coefficient (Wildman–Crippen LogP) is 4.80. The molecule has 0 atom stereocenters. The first-order valence-electron chi connectivity index (χ1n) is 12.2. The minimum Gasteiger partial charge on any atom is -0.444 e. The number of fused-ring (bicyclic) bond motifs is 1. The number of aryl methyl sites for hydroxylation is 2. The third kappa shape index (κ3) is 8.76. The molecule has 0 saturated heterocycles. The van der Waals surface area contributed by atoms with Crippen LogP contribution in [-0.4, -0.2) is 54.2 Å². The van der Waals surface area contributed by atoms with Crippen molar-refractivity contribution in [2.75, 3.05) is 26.7 Å². The quantitative estimate of drug-likeness (QED) is 0.391. The number of nitrogens with one attached hydrogen (secondary N) is 3. The zero-order chi connectivity index (χ0) is 25.4. The van der Waals surface area contributed by atoms with E-state index in [0.717, 1.165) is 48.1 Å². The Morgan fingerprint density at radius 1 is 0.971 bits per heavy atom. The number of aromatic amines is 1. The van der Waals surface area contributed by atoms with Crippen LogP contribution in [0.2, 0.25) is 0 Å². The van der Waals surface area contributed by atoms with Crippen molar-refractivity contribution in [2.45, 2.75) is 52.7 Å². The van der Waals surface area contributed by atoms with E-state index in [1.54, 1.807) is 0 Å². The second-order valence-electron chi connectivity index (χ2n) is 10.1. The molecule has 0 aliphatic rings. The summed E-state index contributed by atoms with van der Waals surface area (Å²) < 4.78 is 5.26. The van der Waals surface area contributed by atoms with E-state index in [0.29, 0.717) is 18.7 Å². The fourth-order valence-corrected chi connectivity index (χ4v) is 3.86. The Morgan fingerprint density at radius 2 is 1.69 bits per heavy atom. The standard InChI is InChI=1S/C28H38N4O3/c1-20-17-24-18-23(12-13-25(24)31-20)26(33)29-14-16-32(5)15-6-7-21-8-10-22(11-9-21)19-30-27(34)35-28(2,3)4/h8-13,17-18,31H,6-7,14-16,19H2,1-5H3,(H,29,33)(H,30,34). The highest BCUT2D eigenvalue weighted by Gasteiger charge is 2.15. The fraction of sp³-hybridized carbons (Fsp3) is 0.429. The van der Waals surface area contributed by atoms with Gasteiger partial charge < -0.3 is 25.3 Å². The Bertz CT molecular complexity index is 1130. The Labute approximate surface area is 208 Å². The third-order valence-corrected chi connectivity index (χ3v) is 5.66. The number of nitrogens with zero attached hydrogens (tertiary/aromatic N) is 1. The number of likely N-dealkylation sites (N-methyl/N-ethyl adjacent to an activating group) is 1. The molecular formula is C28H38N4O3. The molecule has 1 heterocycles. The van der Waals surface area contributed by atoms with Gasteiger partial charge in [-0.2, -0.15) is 0 Å². The van der Waals surface area contributed by atoms with Crippen molar-refractivity contribution < 1.29 is 14.3 Å². The van der Waals surface area contributed by atoms with Crippen LogP contribution in [0, 0.1) is 6.92 Å². The summed E-state index contributed by atoms with van der Waals surface area (Å²) in [5.74, 6) is -0.0413. The lowest BCUT2D eigenvalue weighted by Gasteiger charge is -2.19. The summed E-state index contributed by atoms with van der Waals surface area (Å²) >= 11 is 0. The van der Waals surface area contributed by atoms with Gasteiger partial charge in [-0.1, -0.05) is 24.3 Å². The molecule has 0 spiro atoms. The first-order chi connectivity index (χ1) is 16.6. The van der Waals surface area contributed by atoms with Gasteiger partial charge in [0.2, 0.25) is 0 Å². The number of hydrogen-bond donors (Lipinski definition) is 3. The molecule has 0 saturated carbocycles. The van der Waals surface area contributed by atoms with Gasteiger partial charge in [0.05, 0.1) is 0 Å². The molecule has 7 nitrogen and oxygen atoms in total. The molecule has 188 valence electrons. The van der Waals surface area contributed by atoms with Gasteiger partial charge in [0.25, 0.3) is 5.91 Å². The van der Waals surface area contributed by atoms with Crippen LogP contribution in [0.3, 0.4) is 0 Å². The van der Waals surface area contributed by atoms with E-state index in [1.165, 1.54) is 5.56 Å². The maximum atomic E-state index is 12.5. The molecule has 3 N–H and O–H groups in total. The first kappa shape index (κ1) is 26.3. The molecule has 7 heteroatoms. The lowest BCUT2D eigenvalue weighted by Crippen LogP contribution is -2.33. The van der Waals surface area contributed by atoms with E-state index in [9.17, 15) is 9.59 Å². The van der Waals surface area contributed by atoms with Crippen LogP contribution in [0.4, 0.5) is 4.79 Å². The minimum atomic E-state index is -0.496. The molecule has 0 bridgehead atoms. The number of carbonyl (C=O) groups is 2. The number of hydrogen-bond acceptors (Lipinski definition) is 4. The Morgan fingerprint density at radius 3 is 2.40 bits per heavy atom. The lowest BCUT2D eigenvalue weighted by molar-refractivity contribution is 0.0523. The minimum absolute atomic E-state index is 0.0413. The Balaban J connectivity index is 1.32. The molecule has 0 unspecified atom stereocenters. The molecule has 2 amide bonds. The van der Waals surface area contributed by atoms with Crippen LogP contribution in [0.1, 0.15) is 54.4 Å². The topological polar surface area (TPSA) is 86.5 Å². The Hall–Kier alpha value is -3.32. The van der Waals surface area contributed by atoms with E-state index >= 15 is 0 Å². The van der Waals surface area contributed by atoms with Crippen LogP contribution in [0.5, 0.6) is 0 Å². The lowest BCUT2D eigenvalue weighted by atomic mass is 10.1. The number of H-pyrrole nitrogens is 1. The van der Waals surface area contributed by atoms with Crippen LogP contribution in [0.25, 0.3) is 10.9 Å². The van der Waals surface area contributed by atoms with Crippen molar-refractivity contribution in [1.29, 1.82) is 0 Å². The maximum absolute atomic E-state index is 12.5. The number of rotatable bonds is 10. The van der Waals surface area contributed by atoms with Gasteiger partial charge in [-0.3, -0.25) is 4.79 Å². The largest absolute Gasteiger partial charge is 0.444 e. The van der Waals surface area contributed by atoms with E-state index < -0.39 is 11.7 Å². The molecule has 35 heavy (non-hydrogen) atoms. The average Bonchev–Trinajstić information content (AvgIpc) is 3.16. The normalized spacial score (nSPS) is 11.6. The van der Waals surface area contributed by atoms with E-state index in [4.69, 9.17) is 4.74 Å². The zero-order valence-corrected chi connectivity index (χ0v) is 21.5. The van der Waals surface area contributed by atoms with Gasteiger partial charge in [0, 0.05) is 41.8 Å². The average molecular weight is 479 g/mol. The summed E-state index contributed by atoms with van der Waals surface area (Å²) in [7, 11) is 2.08. The van der Waals surface area contributed by atoms with Crippen LogP contribution in [-0.2, 0) is 17.7 Å². The summed E-state index contributed by atoms with van der Waals surface area (Å²) in [4.78, 5) is 29.8. The number of amides is 2.